The lowest BCUT2D eigenvalue weighted by Gasteiger charge is -2.45. The molecule has 1 saturated heterocycles. The first kappa shape index (κ1) is 18.9. The molecule has 0 spiro atoms. The van der Waals surface area contributed by atoms with Crippen LogP contribution in [0.3, 0.4) is 0 Å². The lowest BCUT2D eigenvalue weighted by molar-refractivity contribution is -0.149. The van der Waals surface area contributed by atoms with Gasteiger partial charge in [0.25, 0.3) is 0 Å². The first-order valence-corrected chi connectivity index (χ1v) is 9.50. The van der Waals surface area contributed by atoms with Gasteiger partial charge in [-0.15, -0.1) is 0 Å². The van der Waals surface area contributed by atoms with E-state index < -0.39 is 17.3 Å². The first-order valence-electron chi connectivity index (χ1n) is 9.12. The van der Waals surface area contributed by atoms with Crippen LogP contribution in [0.4, 0.5) is 0 Å². The molecule has 5 nitrogen and oxygen atoms in total. The molecule has 0 bridgehead atoms. The number of benzene rings is 1. The van der Waals surface area contributed by atoms with E-state index in [4.69, 9.17) is 16.3 Å². The van der Waals surface area contributed by atoms with Crippen LogP contribution in [-0.4, -0.2) is 63.8 Å². The van der Waals surface area contributed by atoms with Crippen LogP contribution >= 0.6 is 11.6 Å². The summed E-state index contributed by atoms with van der Waals surface area (Å²) in [7, 11) is 0. The fourth-order valence-electron chi connectivity index (χ4n) is 3.97. The van der Waals surface area contributed by atoms with Crippen molar-refractivity contribution < 1.29 is 20.1 Å². The van der Waals surface area contributed by atoms with Crippen LogP contribution in [0, 0.1) is 0 Å². The monoisotopic (exact) mass is 369 g/mol. The van der Waals surface area contributed by atoms with Gasteiger partial charge in [-0.1, -0.05) is 36.9 Å². The van der Waals surface area contributed by atoms with Crippen molar-refractivity contribution in [3.8, 4) is 5.75 Å². The molecule has 1 aliphatic carbocycles. The average Bonchev–Trinajstić information content (AvgIpc) is 2.57. The number of hydrogen-bond donors (Lipinski definition) is 3. The minimum Gasteiger partial charge on any atom is -0.490 e. The normalized spacial score (nSPS) is 30.2. The van der Waals surface area contributed by atoms with Gasteiger partial charge < -0.3 is 20.1 Å². The second-order valence-corrected chi connectivity index (χ2v) is 8.09. The number of rotatable bonds is 5. The predicted molar refractivity (Wildman–Crippen MR) is 97.0 cm³/mol. The highest BCUT2D eigenvalue weighted by atomic mass is 35.5. The molecule has 0 aromatic heterocycles. The van der Waals surface area contributed by atoms with Crippen molar-refractivity contribution in [3.05, 3.63) is 29.3 Å². The summed E-state index contributed by atoms with van der Waals surface area (Å²) in [5.74, 6) is 0.566. The zero-order valence-electron chi connectivity index (χ0n) is 14.5. The van der Waals surface area contributed by atoms with Gasteiger partial charge in [0.2, 0.25) is 0 Å². The molecule has 2 atom stereocenters. The summed E-state index contributed by atoms with van der Waals surface area (Å²) < 4.78 is 5.68. The average molecular weight is 370 g/mol. The molecule has 3 N–H and O–H groups in total. The van der Waals surface area contributed by atoms with Crippen LogP contribution < -0.4 is 4.74 Å². The van der Waals surface area contributed by atoms with E-state index in [0.717, 1.165) is 25.7 Å². The Labute approximate surface area is 154 Å². The Morgan fingerprint density at radius 3 is 2.68 bits per heavy atom. The number of halogens is 1. The number of aliphatic hydroxyl groups is 3. The molecule has 1 heterocycles. The van der Waals surface area contributed by atoms with Gasteiger partial charge in [-0.3, -0.25) is 4.90 Å². The Morgan fingerprint density at radius 1 is 1.20 bits per heavy atom. The van der Waals surface area contributed by atoms with E-state index in [1.807, 2.05) is 0 Å². The third-order valence-corrected chi connectivity index (χ3v) is 5.66. The molecule has 6 heteroatoms. The summed E-state index contributed by atoms with van der Waals surface area (Å²) in [6, 6.07) is 6.99. The van der Waals surface area contributed by atoms with Crippen molar-refractivity contribution in [2.45, 2.75) is 55.8 Å². The third-order valence-electron chi connectivity index (χ3n) is 5.42. The fraction of sp³-hybridized carbons (Fsp3) is 0.684. The van der Waals surface area contributed by atoms with Crippen LogP contribution in [0.2, 0.25) is 5.02 Å². The highest BCUT2D eigenvalue weighted by molar-refractivity contribution is 6.30. The van der Waals surface area contributed by atoms with Gasteiger partial charge in [0.1, 0.15) is 18.0 Å². The van der Waals surface area contributed by atoms with Gasteiger partial charge in [0.15, 0.2) is 0 Å². The molecule has 1 saturated carbocycles. The quantitative estimate of drug-likeness (QED) is 0.742. The zero-order valence-corrected chi connectivity index (χ0v) is 15.3. The molecular weight excluding hydrogens is 342 g/mol. The van der Waals surface area contributed by atoms with Crippen molar-refractivity contribution in [1.82, 2.24) is 4.90 Å². The maximum Gasteiger partial charge on any atom is 0.137 e. The van der Waals surface area contributed by atoms with E-state index in [2.05, 4.69) is 4.90 Å². The standard InChI is InChI=1S/C19H28ClNO4/c20-15-5-4-6-16(11-15)25-14-19(24)13-21(10-7-17(19)22)12-18(23)8-2-1-3-9-18/h4-6,11,17,22-24H,1-3,7-10,12-14H2/t17-,19-/m0/s1. The number of piperidine rings is 1. The molecule has 0 radical (unpaired) electrons. The number of hydrogen-bond acceptors (Lipinski definition) is 5. The van der Waals surface area contributed by atoms with Crippen molar-refractivity contribution in [2.75, 3.05) is 26.2 Å². The minimum absolute atomic E-state index is 0.0105. The molecule has 1 aromatic rings. The SMILES string of the molecule is O[C@H]1CCN(CC2(O)CCCCC2)C[C@]1(O)COc1cccc(Cl)c1. The summed E-state index contributed by atoms with van der Waals surface area (Å²) in [5.41, 5.74) is -2.03. The van der Waals surface area contributed by atoms with Crippen molar-refractivity contribution in [1.29, 1.82) is 0 Å². The summed E-state index contributed by atoms with van der Waals surface area (Å²) >= 11 is 5.95. The Morgan fingerprint density at radius 2 is 1.96 bits per heavy atom. The Kier molecular flexibility index (Phi) is 5.91. The Balaban J connectivity index is 1.60. The minimum atomic E-state index is -1.36. The van der Waals surface area contributed by atoms with Gasteiger partial charge in [-0.2, -0.15) is 0 Å². The number of ether oxygens (including phenoxy) is 1. The molecule has 0 amide bonds. The number of likely N-dealkylation sites (tertiary alicyclic amines) is 1. The second kappa shape index (κ2) is 7.80. The highest BCUT2D eigenvalue weighted by Gasteiger charge is 2.44. The van der Waals surface area contributed by atoms with Gasteiger partial charge in [-0.05, 0) is 37.5 Å². The van der Waals surface area contributed by atoms with Crippen LogP contribution in [0.25, 0.3) is 0 Å². The number of nitrogens with zero attached hydrogens (tertiary/aromatic N) is 1. The van der Waals surface area contributed by atoms with Gasteiger partial charge >= 0.3 is 0 Å². The maximum absolute atomic E-state index is 10.9. The molecule has 25 heavy (non-hydrogen) atoms. The lowest BCUT2D eigenvalue weighted by atomic mass is 9.83. The van der Waals surface area contributed by atoms with E-state index in [1.54, 1.807) is 24.3 Å². The molecule has 3 rings (SSSR count). The van der Waals surface area contributed by atoms with E-state index in [9.17, 15) is 15.3 Å². The van der Waals surface area contributed by atoms with E-state index in [-0.39, 0.29) is 13.2 Å². The van der Waals surface area contributed by atoms with Gasteiger partial charge in [0, 0.05) is 24.7 Å². The van der Waals surface area contributed by atoms with Gasteiger partial charge in [-0.25, -0.2) is 0 Å². The number of aliphatic hydroxyl groups excluding tert-OH is 1. The molecule has 2 fully saturated rings. The van der Waals surface area contributed by atoms with Gasteiger partial charge in [0.05, 0.1) is 11.7 Å². The summed E-state index contributed by atoms with van der Waals surface area (Å²) in [6.45, 7) is 1.49. The first-order chi connectivity index (χ1) is 11.9. The fourth-order valence-corrected chi connectivity index (χ4v) is 4.15. The summed E-state index contributed by atoms with van der Waals surface area (Å²) in [4.78, 5) is 2.05. The second-order valence-electron chi connectivity index (χ2n) is 7.65. The number of β-amino-alcohol motifs (C(OH)–C–C–N with tert-alkyl or cyclic N) is 2. The smallest absolute Gasteiger partial charge is 0.137 e. The van der Waals surface area contributed by atoms with Crippen LogP contribution in [-0.2, 0) is 0 Å². The van der Waals surface area contributed by atoms with Crippen LogP contribution in [0.5, 0.6) is 5.75 Å². The van der Waals surface area contributed by atoms with Crippen molar-refractivity contribution >= 4 is 11.6 Å². The molecule has 0 unspecified atom stereocenters. The maximum atomic E-state index is 10.9. The highest BCUT2D eigenvalue weighted by Crippen LogP contribution is 2.31. The van der Waals surface area contributed by atoms with E-state index >= 15 is 0 Å². The molecule has 2 aliphatic rings. The Hall–Kier alpha value is -0.850. The van der Waals surface area contributed by atoms with Crippen LogP contribution in [0.1, 0.15) is 38.5 Å². The lowest BCUT2D eigenvalue weighted by Crippen LogP contribution is -2.62. The van der Waals surface area contributed by atoms with Crippen molar-refractivity contribution in [2.24, 2.45) is 0 Å². The third kappa shape index (κ3) is 4.86. The van der Waals surface area contributed by atoms with Crippen LogP contribution in [0.15, 0.2) is 24.3 Å². The predicted octanol–water partition coefficient (Wildman–Crippen LogP) is 2.21. The summed E-state index contributed by atoms with van der Waals surface area (Å²) in [6.07, 6.45) is 4.52. The topological polar surface area (TPSA) is 73.2 Å². The molecule has 140 valence electrons. The molecule has 1 aliphatic heterocycles. The summed E-state index contributed by atoms with van der Waals surface area (Å²) in [5, 5.41) is 32.6. The zero-order chi connectivity index (χ0) is 17.9. The van der Waals surface area contributed by atoms with E-state index in [1.165, 1.54) is 6.42 Å². The molecular formula is C19H28ClNO4. The molecule has 1 aromatic carbocycles. The van der Waals surface area contributed by atoms with Crippen molar-refractivity contribution in [3.63, 3.8) is 0 Å². The largest absolute Gasteiger partial charge is 0.490 e. The Bertz CT molecular complexity index is 578. The van der Waals surface area contributed by atoms with E-state index in [0.29, 0.717) is 30.3 Å².